The molecule has 0 amide bonds. The highest BCUT2D eigenvalue weighted by atomic mass is 16.3. The molecule has 0 atom stereocenters. The normalized spacial score (nSPS) is 10.7. The summed E-state index contributed by atoms with van der Waals surface area (Å²) in [6, 6.07) is 5.82. The van der Waals surface area contributed by atoms with Gasteiger partial charge >= 0.3 is 0 Å². The van der Waals surface area contributed by atoms with Crippen molar-refractivity contribution in [1.29, 1.82) is 0 Å². The van der Waals surface area contributed by atoms with Crippen molar-refractivity contribution in [3.8, 4) is 0 Å². The van der Waals surface area contributed by atoms with Crippen LogP contribution in [0.3, 0.4) is 0 Å². The van der Waals surface area contributed by atoms with E-state index < -0.39 is 0 Å². The molecule has 0 fully saturated rings. The molecule has 0 radical (unpaired) electrons. The Kier molecular flexibility index (Phi) is 2.96. The molecular weight excluding hydrogens is 204 g/mol. The van der Waals surface area contributed by atoms with Crippen molar-refractivity contribution in [2.45, 2.75) is 20.0 Å². The third-order valence-corrected chi connectivity index (χ3v) is 2.36. The fraction of sp³-hybridized carbons (Fsp3) is 0.364. The summed E-state index contributed by atoms with van der Waals surface area (Å²) in [4.78, 5) is 0. The Balaban J connectivity index is 1.99. The van der Waals surface area contributed by atoms with Crippen molar-refractivity contribution in [2.24, 2.45) is 12.8 Å². The highest BCUT2D eigenvalue weighted by Crippen LogP contribution is 2.12. The lowest BCUT2D eigenvalue weighted by Gasteiger charge is -2.03. The number of hydrogen-bond donors (Lipinski definition) is 2. The Morgan fingerprint density at radius 1 is 1.44 bits per heavy atom. The molecule has 0 aliphatic carbocycles. The zero-order chi connectivity index (χ0) is 11.5. The molecule has 5 nitrogen and oxygen atoms in total. The van der Waals surface area contributed by atoms with Crippen molar-refractivity contribution in [3.05, 3.63) is 35.4 Å². The van der Waals surface area contributed by atoms with Gasteiger partial charge in [-0.1, -0.05) is 0 Å². The van der Waals surface area contributed by atoms with Crippen LogP contribution in [0, 0.1) is 6.92 Å². The number of hydrogen-bond acceptors (Lipinski definition) is 4. The van der Waals surface area contributed by atoms with Gasteiger partial charge in [-0.15, -0.1) is 0 Å². The van der Waals surface area contributed by atoms with Crippen molar-refractivity contribution in [3.63, 3.8) is 0 Å². The quantitative estimate of drug-likeness (QED) is 0.817. The molecule has 16 heavy (non-hydrogen) atoms. The summed E-state index contributed by atoms with van der Waals surface area (Å²) in [7, 11) is 1.91. The molecule has 0 bridgehead atoms. The average Bonchev–Trinajstić information content (AvgIpc) is 2.82. The lowest BCUT2D eigenvalue weighted by Crippen LogP contribution is -2.03. The summed E-state index contributed by atoms with van der Waals surface area (Å²) in [6.07, 6.45) is 0. The van der Waals surface area contributed by atoms with Crippen molar-refractivity contribution in [2.75, 3.05) is 5.32 Å². The Bertz CT molecular complexity index is 472. The van der Waals surface area contributed by atoms with Gasteiger partial charge in [-0.2, -0.15) is 5.10 Å². The van der Waals surface area contributed by atoms with Crippen LogP contribution in [-0.2, 0) is 20.1 Å². The first kappa shape index (κ1) is 10.8. The minimum Gasteiger partial charge on any atom is -0.463 e. The fourth-order valence-electron chi connectivity index (χ4n) is 1.58. The lowest BCUT2D eigenvalue weighted by molar-refractivity contribution is 0.472. The maximum Gasteiger partial charge on any atom is 0.124 e. The molecule has 2 heterocycles. The van der Waals surface area contributed by atoms with E-state index in [1.165, 1.54) is 0 Å². The molecule has 0 aliphatic rings. The number of nitrogens with one attached hydrogen (secondary N) is 1. The average molecular weight is 220 g/mol. The maximum atomic E-state index is 5.48. The summed E-state index contributed by atoms with van der Waals surface area (Å²) in [5.41, 5.74) is 6.46. The van der Waals surface area contributed by atoms with E-state index in [1.54, 1.807) is 0 Å². The minimum absolute atomic E-state index is 0.435. The molecule has 2 aromatic heterocycles. The Morgan fingerprint density at radius 3 is 2.75 bits per heavy atom. The monoisotopic (exact) mass is 220 g/mol. The number of rotatable bonds is 4. The largest absolute Gasteiger partial charge is 0.463 e. The number of aromatic nitrogens is 2. The number of nitrogens with two attached hydrogens (primary N) is 1. The highest BCUT2D eigenvalue weighted by molar-refractivity contribution is 5.36. The van der Waals surface area contributed by atoms with Gasteiger partial charge in [0.05, 0.1) is 18.8 Å². The number of aryl methyl sites for hydroxylation is 2. The van der Waals surface area contributed by atoms with Crippen LogP contribution in [0.1, 0.15) is 17.2 Å². The van der Waals surface area contributed by atoms with Crippen molar-refractivity contribution in [1.82, 2.24) is 9.78 Å². The number of anilines is 1. The van der Waals surface area contributed by atoms with Crippen LogP contribution < -0.4 is 11.1 Å². The third-order valence-electron chi connectivity index (χ3n) is 2.36. The van der Waals surface area contributed by atoms with Crippen molar-refractivity contribution >= 4 is 5.82 Å². The van der Waals surface area contributed by atoms with E-state index in [0.29, 0.717) is 13.1 Å². The van der Waals surface area contributed by atoms with E-state index in [2.05, 4.69) is 10.4 Å². The smallest absolute Gasteiger partial charge is 0.124 e. The second kappa shape index (κ2) is 4.40. The summed E-state index contributed by atoms with van der Waals surface area (Å²) in [6.45, 7) is 3.04. The lowest BCUT2D eigenvalue weighted by atomic mass is 10.4. The summed E-state index contributed by atoms with van der Waals surface area (Å²) in [5.74, 6) is 2.65. The van der Waals surface area contributed by atoms with Gasteiger partial charge in [0.15, 0.2) is 0 Å². The summed E-state index contributed by atoms with van der Waals surface area (Å²) in [5, 5.41) is 7.50. The maximum absolute atomic E-state index is 5.48. The minimum atomic E-state index is 0.435. The van der Waals surface area contributed by atoms with E-state index in [4.69, 9.17) is 10.2 Å². The number of furan rings is 1. The fourth-order valence-corrected chi connectivity index (χ4v) is 1.58. The third kappa shape index (κ3) is 2.25. The van der Waals surface area contributed by atoms with Crippen LogP contribution in [0.15, 0.2) is 22.6 Å². The molecule has 2 aromatic rings. The summed E-state index contributed by atoms with van der Waals surface area (Å²) >= 11 is 0. The molecule has 0 spiro atoms. The molecule has 86 valence electrons. The first-order chi connectivity index (χ1) is 7.69. The van der Waals surface area contributed by atoms with Crippen LogP contribution in [0.5, 0.6) is 0 Å². The zero-order valence-corrected chi connectivity index (χ0v) is 9.53. The molecule has 5 heteroatoms. The van der Waals surface area contributed by atoms with E-state index in [-0.39, 0.29) is 0 Å². The van der Waals surface area contributed by atoms with Crippen LogP contribution in [0.4, 0.5) is 5.82 Å². The van der Waals surface area contributed by atoms with E-state index in [1.807, 2.05) is 36.9 Å². The van der Waals surface area contributed by atoms with Gasteiger partial charge in [0, 0.05) is 13.1 Å². The van der Waals surface area contributed by atoms with Gasteiger partial charge in [0.1, 0.15) is 17.3 Å². The van der Waals surface area contributed by atoms with E-state index in [9.17, 15) is 0 Å². The predicted octanol–water partition coefficient (Wildman–Crippen LogP) is 1.39. The molecule has 2 rings (SSSR count). The van der Waals surface area contributed by atoms with Gasteiger partial charge < -0.3 is 15.5 Å². The first-order valence-corrected chi connectivity index (χ1v) is 5.21. The number of nitrogens with zero attached hydrogens (tertiary/aromatic N) is 2. The molecule has 0 aromatic carbocycles. The van der Waals surface area contributed by atoms with Crippen LogP contribution in [0.25, 0.3) is 0 Å². The van der Waals surface area contributed by atoms with Crippen LogP contribution in [0.2, 0.25) is 0 Å². The topological polar surface area (TPSA) is 69.0 Å². The Morgan fingerprint density at radius 2 is 2.19 bits per heavy atom. The van der Waals surface area contributed by atoms with Crippen molar-refractivity contribution < 1.29 is 4.42 Å². The standard InChI is InChI=1S/C11H16N4O/c1-8-5-11(15(2)14-8)13-7-10-4-3-9(6-12)16-10/h3-5,13H,6-7,12H2,1-2H3. The summed E-state index contributed by atoms with van der Waals surface area (Å²) < 4.78 is 7.29. The second-order valence-corrected chi connectivity index (χ2v) is 3.72. The molecule has 3 N–H and O–H groups in total. The van der Waals surface area contributed by atoms with Crippen LogP contribution in [-0.4, -0.2) is 9.78 Å². The second-order valence-electron chi connectivity index (χ2n) is 3.72. The Hall–Kier alpha value is -1.75. The SMILES string of the molecule is Cc1cc(NCc2ccc(CN)o2)n(C)n1. The van der Waals surface area contributed by atoms with Gasteiger partial charge in [0.2, 0.25) is 0 Å². The molecular formula is C11H16N4O. The van der Waals surface area contributed by atoms with Gasteiger partial charge in [0.25, 0.3) is 0 Å². The molecule has 0 unspecified atom stereocenters. The zero-order valence-electron chi connectivity index (χ0n) is 9.53. The van der Waals surface area contributed by atoms with E-state index in [0.717, 1.165) is 23.0 Å². The molecule has 0 saturated heterocycles. The highest BCUT2D eigenvalue weighted by Gasteiger charge is 2.03. The molecule has 0 saturated carbocycles. The van der Waals surface area contributed by atoms with Gasteiger partial charge in [-0.25, -0.2) is 0 Å². The first-order valence-electron chi connectivity index (χ1n) is 5.21. The predicted molar refractivity (Wildman–Crippen MR) is 61.9 cm³/mol. The van der Waals surface area contributed by atoms with E-state index >= 15 is 0 Å². The van der Waals surface area contributed by atoms with Gasteiger partial charge in [-0.3, -0.25) is 4.68 Å². The molecule has 0 aliphatic heterocycles. The van der Waals surface area contributed by atoms with Crippen LogP contribution >= 0.6 is 0 Å². The van der Waals surface area contributed by atoms with Gasteiger partial charge in [-0.05, 0) is 19.1 Å². The Labute approximate surface area is 94.2 Å².